The maximum Gasteiger partial charge on any atom is 0.409 e. The number of ether oxygens (including phenoxy) is 1. The molecule has 1 saturated heterocycles. The van der Waals surface area contributed by atoms with Crippen molar-refractivity contribution in [3.63, 3.8) is 0 Å². The molecule has 0 saturated carbocycles. The molecule has 0 aromatic heterocycles. The predicted octanol–water partition coefficient (Wildman–Crippen LogP) is 0.827. The molecule has 0 aromatic rings. The van der Waals surface area contributed by atoms with Crippen LogP contribution in [-0.2, 0) is 4.74 Å². The minimum Gasteiger partial charge on any atom is -0.453 e. The highest BCUT2D eigenvalue weighted by Crippen LogP contribution is 2.28. The van der Waals surface area contributed by atoms with E-state index in [1.54, 1.807) is 0 Å². The summed E-state index contributed by atoms with van der Waals surface area (Å²) < 4.78 is 4.74. The lowest BCUT2D eigenvalue weighted by atomic mass is 9.99. The van der Waals surface area contributed by atoms with Gasteiger partial charge in [0.1, 0.15) is 0 Å². The van der Waals surface area contributed by atoms with Crippen LogP contribution in [0.1, 0.15) is 19.8 Å². The van der Waals surface area contributed by atoms with E-state index >= 15 is 0 Å². The molecule has 13 heavy (non-hydrogen) atoms. The first-order valence-electron chi connectivity index (χ1n) is 4.64. The normalized spacial score (nSPS) is 27.8. The van der Waals surface area contributed by atoms with Gasteiger partial charge in [0.25, 0.3) is 0 Å². The Kier molecular flexibility index (Phi) is 3.14. The number of likely N-dealkylation sites (tertiary alicyclic amines) is 1. The molecular weight excluding hydrogens is 168 g/mol. The summed E-state index contributed by atoms with van der Waals surface area (Å²) in [4.78, 5) is 13.2. The topological polar surface area (TPSA) is 41.6 Å². The highest BCUT2D eigenvalue weighted by Gasteiger charge is 2.39. The standard InChI is InChI=1S/C9H18N2O2/c1-9(7-10-2)5-4-6-11(9)8(12)13-3/h10H,4-7H2,1-3H3. The van der Waals surface area contributed by atoms with Gasteiger partial charge >= 0.3 is 6.09 Å². The van der Waals surface area contributed by atoms with Crippen LogP contribution in [0.4, 0.5) is 4.79 Å². The zero-order valence-electron chi connectivity index (χ0n) is 8.59. The zero-order valence-corrected chi connectivity index (χ0v) is 8.59. The van der Waals surface area contributed by atoms with Gasteiger partial charge < -0.3 is 15.0 Å². The largest absolute Gasteiger partial charge is 0.453 e. The average Bonchev–Trinajstić information content (AvgIpc) is 2.47. The summed E-state index contributed by atoms with van der Waals surface area (Å²) in [6.45, 7) is 3.72. The fourth-order valence-electron chi connectivity index (χ4n) is 2.01. The molecular formula is C9H18N2O2. The Hall–Kier alpha value is -0.770. The quantitative estimate of drug-likeness (QED) is 0.694. The fourth-order valence-corrected chi connectivity index (χ4v) is 2.01. The number of likely N-dealkylation sites (N-methyl/N-ethyl adjacent to an activating group) is 1. The summed E-state index contributed by atoms with van der Waals surface area (Å²) in [6.07, 6.45) is 1.89. The molecule has 0 aromatic carbocycles. The van der Waals surface area contributed by atoms with Gasteiger partial charge in [-0.3, -0.25) is 0 Å². The molecule has 1 N–H and O–H groups in total. The zero-order chi connectivity index (χ0) is 9.90. The van der Waals surface area contributed by atoms with E-state index in [2.05, 4.69) is 12.2 Å². The lowest BCUT2D eigenvalue weighted by Gasteiger charge is -2.33. The molecule has 0 radical (unpaired) electrons. The van der Waals surface area contributed by atoms with Gasteiger partial charge in [-0.15, -0.1) is 0 Å². The lowest BCUT2D eigenvalue weighted by molar-refractivity contribution is 0.0925. The second kappa shape index (κ2) is 3.96. The summed E-state index contributed by atoms with van der Waals surface area (Å²) in [6, 6.07) is 0. The van der Waals surface area contributed by atoms with E-state index in [1.807, 2.05) is 11.9 Å². The molecule has 0 aliphatic carbocycles. The molecule has 1 fully saturated rings. The molecule has 76 valence electrons. The van der Waals surface area contributed by atoms with Crippen LogP contribution in [0.15, 0.2) is 0 Å². The van der Waals surface area contributed by atoms with E-state index in [9.17, 15) is 4.79 Å². The number of nitrogens with one attached hydrogen (secondary N) is 1. The molecule has 4 nitrogen and oxygen atoms in total. The molecule has 1 heterocycles. The van der Waals surface area contributed by atoms with E-state index in [0.29, 0.717) is 0 Å². The minimum atomic E-state index is -0.213. The van der Waals surface area contributed by atoms with Crippen LogP contribution in [0.2, 0.25) is 0 Å². The molecule has 1 unspecified atom stereocenters. The third kappa shape index (κ3) is 1.94. The highest BCUT2D eigenvalue weighted by atomic mass is 16.5. The Morgan fingerprint density at radius 1 is 1.69 bits per heavy atom. The Labute approximate surface area is 79.2 Å². The highest BCUT2D eigenvalue weighted by molar-refractivity contribution is 5.69. The van der Waals surface area contributed by atoms with Crippen LogP contribution in [0.25, 0.3) is 0 Å². The van der Waals surface area contributed by atoms with Gasteiger partial charge in [-0.25, -0.2) is 4.79 Å². The van der Waals surface area contributed by atoms with Crippen molar-refractivity contribution in [3.8, 4) is 0 Å². The Morgan fingerprint density at radius 3 is 2.92 bits per heavy atom. The van der Waals surface area contributed by atoms with Crippen LogP contribution >= 0.6 is 0 Å². The smallest absolute Gasteiger partial charge is 0.409 e. The van der Waals surface area contributed by atoms with Crippen molar-refractivity contribution in [1.82, 2.24) is 10.2 Å². The second-order valence-electron chi connectivity index (χ2n) is 3.75. The lowest BCUT2D eigenvalue weighted by Crippen LogP contribution is -2.50. The average molecular weight is 186 g/mol. The maximum atomic E-state index is 11.4. The second-order valence-corrected chi connectivity index (χ2v) is 3.75. The molecule has 1 aliphatic heterocycles. The number of nitrogens with zero attached hydrogens (tertiary/aromatic N) is 1. The molecule has 1 rings (SSSR count). The van der Waals surface area contributed by atoms with Crippen molar-refractivity contribution in [3.05, 3.63) is 0 Å². The summed E-state index contributed by atoms with van der Waals surface area (Å²) >= 11 is 0. The minimum absolute atomic E-state index is 0.0676. The first kappa shape index (κ1) is 10.3. The summed E-state index contributed by atoms with van der Waals surface area (Å²) in [5, 5.41) is 3.11. The first-order chi connectivity index (χ1) is 6.14. The Balaban J connectivity index is 2.67. The third-order valence-electron chi connectivity index (χ3n) is 2.70. The van der Waals surface area contributed by atoms with Crippen LogP contribution < -0.4 is 5.32 Å². The SMILES string of the molecule is CNCC1(C)CCCN1C(=O)OC. The van der Waals surface area contributed by atoms with Gasteiger partial charge in [-0.05, 0) is 26.8 Å². The summed E-state index contributed by atoms with van der Waals surface area (Å²) in [5.74, 6) is 0. The monoisotopic (exact) mass is 186 g/mol. The van der Waals surface area contributed by atoms with Crippen molar-refractivity contribution in [2.24, 2.45) is 0 Å². The molecule has 0 bridgehead atoms. The van der Waals surface area contributed by atoms with Gasteiger partial charge in [-0.2, -0.15) is 0 Å². The number of amides is 1. The van der Waals surface area contributed by atoms with Gasteiger partial charge in [0.15, 0.2) is 0 Å². The van der Waals surface area contributed by atoms with Crippen LogP contribution in [0.5, 0.6) is 0 Å². The van der Waals surface area contributed by atoms with Crippen LogP contribution in [-0.4, -0.2) is 43.8 Å². The number of hydrogen-bond donors (Lipinski definition) is 1. The maximum absolute atomic E-state index is 11.4. The Bertz CT molecular complexity index is 196. The van der Waals surface area contributed by atoms with Crippen molar-refractivity contribution in [2.45, 2.75) is 25.3 Å². The Morgan fingerprint density at radius 2 is 2.38 bits per heavy atom. The summed E-state index contributed by atoms with van der Waals surface area (Å²) in [7, 11) is 3.33. The number of rotatable bonds is 2. The number of carbonyl (C=O) groups excluding carboxylic acids is 1. The van der Waals surface area contributed by atoms with E-state index in [0.717, 1.165) is 25.9 Å². The van der Waals surface area contributed by atoms with Gasteiger partial charge in [0.05, 0.1) is 12.6 Å². The molecule has 1 amide bonds. The van der Waals surface area contributed by atoms with E-state index in [1.165, 1.54) is 7.11 Å². The van der Waals surface area contributed by atoms with Crippen molar-refractivity contribution in [1.29, 1.82) is 0 Å². The van der Waals surface area contributed by atoms with Gasteiger partial charge in [0.2, 0.25) is 0 Å². The van der Waals surface area contributed by atoms with Crippen LogP contribution in [0.3, 0.4) is 0 Å². The van der Waals surface area contributed by atoms with Gasteiger partial charge in [-0.1, -0.05) is 0 Å². The predicted molar refractivity (Wildman–Crippen MR) is 50.7 cm³/mol. The van der Waals surface area contributed by atoms with Crippen molar-refractivity contribution < 1.29 is 9.53 Å². The number of hydrogen-bond acceptors (Lipinski definition) is 3. The number of methoxy groups -OCH3 is 1. The molecule has 4 heteroatoms. The van der Waals surface area contributed by atoms with Crippen molar-refractivity contribution in [2.75, 3.05) is 27.2 Å². The van der Waals surface area contributed by atoms with E-state index in [4.69, 9.17) is 4.74 Å². The summed E-state index contributed by atoms with van der Waals surface area (Å²) in [5.41, 5.74) is -0.0676. The van der Waals surface area contributed by atoms with E-state index in [-0.39, 0.29) is 11.6 Å². The van der Waals surface area contributed by atoms with E-state index < -0.39 is 0 Å². The van der Waals surface area contributed by atoms with Crippen molar-refractivity contribution >= 4 is 6.09 Å². The fraction of sp³-hybridized carbons (Fsp3) is 0.889. The molecule has 1 atom stereocenters. The van der Waals surface area contributed by atoms with Gasteiger partial charge in [0, 0.05) is 13.1 Å². The molecule has 0 spiro atoms. The molecule has 1 aliphatic rings. The third-order valence-corrected chi connectivity index (χ3v) is 2.70. The first-order valence-corrected chi connectivity index (χ1v) is 4.64. The van der Waals surface area contributed by atoms with Crippen LogP contribution in [0, 0.1) is 0 Å². The number of carbonyl (C=O) groups is 1.